The zero-order chi connectivity index (χ0) is 11.0. The first-order chi connectivity index (χ1) is 7.08. The second kappa shape index (κ2) is 3.50. The van der Waals surface area contributed by atoms with Crippen LogP contribution in [0.5, 0.6) is 0 Å². The van der Waals surface area contributed by atoms with Crippen LogP contribution in [0.3, 0.4) is 0 Å². The first-order valence-electron chi connectivity index (χ1n) is 4.78. The van der Waals surface area contributed by atoms with Crippen LogP contribution in [0.25, 0.3) is 0 Å². The lowest BCUT2D eigenvalue weighted by Gasteiger charge is -2.05. The standard InChI is InChI=1S/C12H12FNO/c1-14(2)7-9-5-8-3-4-10(13)6-11(8)12(9)15/h3-4,6-7H,5H2,1-2H3. The Morgan fingerprint density at radius 1 is 1.40 bits per heavy atom. The Morgan fingerprint density at radius 3 is 2.80 bits per heavy atom. The topological polar surface area (TPSA) is 20.3 Å². The third-order valence-electron chi connectivity index (χ3n) is 2.40. The number of hydrogen-bond acceptors (Lipinski definition) is 2. The van der Waals surface area contributed by atoms with Gasteiger partial charge in [0.05, 0.1) is 0 Å². The van der Waals surface area contributed by atoms with Gasteiger partial charge >= 0.3 is 0 Å². The van der Waals surface area contributed by atoms with Crippen molar-refractivity contribution in [3.05, 3.63) is 46.9 Å². The van der Waals surface area contributed by atoms with Gasteiger partial charge in [-0.05, 0) is 17.7 Å². The molecule has 0 aromatic heterocycles. The molecule has 0 aliphatic heterocycles. The monoisotopic (exact) mass is 205 g/mol. The van der Waals surface area contributed by atoms with Gasteiger partial charge in [-0.3, -0.25) is 4.79 Å². The number of fused-ring (bicyclic) bond motifs is 1. The SMILES string of the molecule is CN(C)C=C1Cc2ccc(F)cc2C1=O. The summed E-state index contributed by atoms with van der Waals surface area (Å²) in [6.07, 6.45) is 2.40. The first-order valence-corrected chi connectivity index (χ1v) is 4.78. The molecule has 3 heteroatoms. The molecule has 0 bridgehead atoms. The van der Waals surface area contributed by atoms with Crippen molar-refractivity contribution in [3.63, 3.8) is 0 Å². The Labute approximate surface area is 88.0 Å². The Bertz CT molecular complexity index is 449. The molecule has 0 N–H and O–H groups in total. The van der Waals surface area contributed by atoms with Gasteiger partial charge < -0.3 is 4.90 Å². The number of ketones is 1. The van der Waals surface area contributed by atoms with Gasteiger partial charge in [0.2, 0.25) is 0 Å². The molecule has 1 aliphatic rings. The van der Waals surface area contributed by atoms with E-state index in [1.807, 2.05) is 19.0 Å². The van der Waals surface area contributed by atoms with Crippen LogP contribution in [-0.2, 0) is 6.42 Å². The highest BCUT2D eigenvalue weighted by molar-refractivity contribution is 6.13. The van der Waals surface area contributed by atoms with E-state index in [0.29, 0.717) is 12.0 Å². The summed E-state index contributed by atoms with van der Waals surface area (Å²) in [7, 11) is 3.73. The molecule has 0 unspecified atom stereocenters. The minimum absolute atomic E-state index is 0.0572. The summed E-state index contributed by atoms with van der Waals surface area (Å²) in [5.41, 5.74) is 2.14. The zero-order valence-electron chi connectivity index (χ0n) is 8.75. The molecule has 0 atom stereocenters. The van der Waals surface area contributed by atoms with Crippen molar-refractivity contribution in [1.82, 2.24) is 4.90 Å². The molecule has 0 radical (unpaired) electrons. The normalized spacial score (nSPS) is 17.0. The molecule has 15 heavy (non-hydrogen) atoms. The molecule has 2 rings (SSSR count). The Hall–Kier alpha value is -1.64. The van der Waals surface area contributed by atoms with Crippen molar-refractivity contribution in [2.45, 2.75) is 6.42 Å². The lowest BCUT2D eigenvalue weighted by Crippen LogP contribution is -2.06. The third kappa shape index (κ3) is 1.77. The molecule has 0 spiro atoms. The van der Waals surface area contributed by atoms with Crippen LogP contribution in [0.1, 0.15) is 15.9 Å². The van der Waals surface area contributed by atoms with E-state index in [0.717, 1.165) is 11.1 Å². The highest BCUT2D eigenvalue weighted by Crippen LogP contribution is 2.26. The molecule has 0 fully saturated rings. The van der Waals surface area contributed by atoms with Gasteiger partial charge in [-0.1, -0.05) is 6.07 Å². The van der Waals surface area contributed by atoms with Crippen molar-refractivity contribution in [3.8, 4) is 0 Å². The van der Waals surface area contributed by atoms with Gasteiger partial charge in [0, 0.05) is 37.9 Å². The molecular formula is C12H12FNO. The minimum Gasteiger partial charge on any atom is -0.383 e. The Kier molecular flexibility index (Phi) is 2.31. The zero-order valence-corrected chi connectivity index (χ0v) is 8.75. The first kappa shape index (κ1) is 9.90. The van der Waals surface area contributed by atoms with Crippen molar-refractivity contribution in [1.29, 1.82) is 0 Å². The Balaban J connectivity index is 2.42. The average molecular weight is 205 g/mol. The van der Waals surface area contributed by atoms with Gasteiger partial charge in [-0.2, -0.15) is 0 Å². The molecule has 0 amide bonds. The van der Waals surface area contributed by atoms with Crippen LogP contribution in [0.4, 0.5) is 4.39 Å². The van der Waals surface area contributed by atoms with E-state index in [4.69, 9.17) is 0 Å². The predicted molar refractivity (Wildman–Crippen MR) is 56.2 cm³/mol. The van der Waals surface area contributed by atoms with E-state index in [2.05, 4.69) is 0 Å². The summed E-state index contributed by atoms with van der Waals surface area (Å²) in [6, 6.07) is 4.39. The number of nitrogens with zero attached hydrogens (tertiary/aromatic N) is 1. The summed E-state index contributed by atoms with van der Waals surface area (Å²) in [5.74, 6) is -0.411. The van der Waals surface area contributed by atoms with E-state index < -0.39 is 0 Å². The molecule has 2 nitrogen and oxygen atoms in total. The van der Waals surface area contributed by atoms with Gasteiger partial charge in [-0.25, -0.2) is 4.39 Å². The maximum atomic E-state index is 12.9. The maximum absolute atomic E-state index is 12.9. The van der Waals surface area contributed by atoms with Gasteiger partial charge in [0.1, 0.15) is 5.82 Å². The lowest BCUT2D eigenvalue weighted by atomic mass is 10.1. The van der Waals surface area contributed by atoms with Crippen LogP contribution >= 0.6 is 0 Å². The van der Waals surface area contributed by atoms with Gasteiger partial charge in [-0.15, -0.1) is 0 Å². The summed E-state index contributed by atoms with van der Waals surface area (Å²) < 4.78 is 12.9. The number of hydrogen-bond donors (Lipinski definition) is 0. The van der Waals surface area contributed by atoms with Gasteiger partial charge in [0.25, 0.3) is 0 Å². The molecule has 78 valence electrons. The van der Waals surface area contributed by atoms with Crippen LogP contribution < -0.4 is 0 Å². The van der Waals surface area contributed by atoms with Crippen molar-refractivity contribution >= 4 is 5.78 Å². The van der Waals surface area contributed by atoms with Gasteiger partial charge in [0.15, 0.2) is 5.78 Å². The fourth-order valence-electron chi connectivity index (χ4n) is 1.79. The number of carbonyl (C=O) groups excluding carboxylic acids is 1. The molecule has 1 aliphatic carbocycles. The number of carbonyl (C=O) groups is 1. The molecule has 0 saturated heterocycles. The van der Waals surface area contributed by atoms with Crippen LogP contribution in [0.2, 0.25) is 0 Å². The largest absolute Gasteiger partial charge is 0.383 e. The summed E-state index contributed by atoms with van der Waals surface area (Å²) >= 11 is 0. The summed E-state index contributed by atoms with van der Waals surface area (Å²) in [6.45, 7) is 0. The number of Topliss-reactive ketones (excluding diaryl/α,β-unsaturated/α-hetero) is 1. The number of benzene rings is 1. The van der Waals surface area contributed by atoms with Crippen molar-refractivity contribution in [2.75, 3.05) is 14.1 Å². The second-order valence-corrected chi connectivity index (χ2v) is 3.93. The van der Waals surface area contributed by atoms with Crippen molar-refractivity contribution < 1.29 is 9.18 Å². The fraction of sp³-hybridized carbons (Fsp3) is 0.250. The van der Waals surface area contributed by atoms with E-state index in [1.54, 1.807) is 12.3 Å². The Morgan fingerprint density at radius 2 is 2.13 bits per heavy atom. The van der Waals surface area contributed by atoms with Crippen molar-refractivity contribution in [2.24, 2.45) is 0 Å². The predicted octanol–water partition coefficient (Wildman–Crippen LogP) is 2.01. The quantitative estimate of drug-likeness (QED) is 0.654. The molecule has 1 aromatic carbocycles. The number of allylic oxidation sites excluding steroid dienone is 1. The summed E-state index contributed by atoms with van der Waals surface area (Å²) in [5, 5.41) is 0. The average Bonchev–Trinajstić information content (AvgIpc) is 2.44. The van der Waals surface area contributed by atoms with Crippen LogP contribution in [0.15, 0.2) is 30.0 Å². The maximum Gasteiger partial charge on any atom is 0.191 e. The molecule has 1 aromatic rings. The molecule has 0 heterocycles. The number of halogens is 1. The highest BCUT2D eigenvalue weighted by atomic mass is 19.1. The fourth-order valence-corrected chi connectivity index (χ4v) is 1.79. The second-order valence-electron chi connectivity index (χ2n) is 3.93. The third-order valence-corrected chi connectivity index (χ3v) is 2.40. The van der Waals surface area contributed by atoms with Crippen LogP contribution in [-0.4, -0.2) is 24.8 Å². The number of rotatable bonds is 1. The van der Waals surface area contributed by atoms with E-state index in [-0.39, 0.29) is 11.6 Å². The highest BCUT2D eigenvalue weighted by Gasteiger charge is 2.25. The molecular weight excluding hydrogens is 193 g/mol. The van der Waals surface area contributed by atoms with E-state index >= 15 is 0 Å². The van der Waals surface area contributed by atoms with E-state index in [9.17, 15) is 9.18 Å². The minimum atomic E-state index is -0.354. The summed E-state index contributed by atoms with van der Waals surface area (Å²) in [4.78, 5) is 13.7. The van der Waals surface area contributed by atoms with Crippen LogP contribution in [0, 0.1) is 5.82 Å². The molecule has 0 saturated carbocycles. The smallest absolute Gasteiger partial charge is 0.191 e. The lowest BCUT2D eigenvalue weighted by molar-refractivity contribution is 0.103. The van der Waals surface area contributed by atoms with E-state index in [1.165, 1.54) is 12.1 Å².